The Kier molecular flexibility index (Phi) is 3.80. The van der Waals surface area contributed by atoms with Crippen LogP contribution < -0.4 is 5.32 Å². The van der Waals surface area contributed by atoms with Crippen molar-refractivity contribution in [3.8, 4) is 0 Å². The summed E-state index contributed by atoms with van der Waals surface area (Å²) in [5.74, 6) is -0.160. The topological polar surface area (TPSA) is 38.3 Å². The average molecular weight is 240 g/mol. The molecule has 1 aromatic carbocycles. The minimum atomic E-state index is -0.160. The molecule has 86 valence electrons. The highest BCUT2D eigenvalue weighted by molar-refractivity contribution is 6.30. The predicted molar refractivity (Wildman–Crippen MR) is 62.3 cm³/mol. The molecular weight excluding hydrogens is 226 g/mol. The number of ether oxygens (including phenoxy) is 1. The molecule has 1 aliphatic heterocycles. The summed E-state index contributed by atoms with van der Waals surface area (Å²) in [5.41, 5.74) is 0.954. The quantitative estimate of drug-likeness (QED) is 0.822. The van der Waals surface area contributed by atoms with E-state index in [0.29, 0.717) is 11.6 Å². The monoisotopic (exact) mass is 239 g/mol. The summed E-state index contributed by atoms with van der Waals surface area (Å²) in [6, 6.07) is 7.18. The molecule has 0 spiro atoms. The van der Waals surface area contributed by atoms with Crippen LogP contribution in [0.15, 0.2) is 24.3 Å². The predicted octanol–water partition coefficient (Wildman–Crippen LogP) is 2.14. The van der Waals surface area contributed by atoms with Gasteiger partial charge in [-0.15, -0.1) is 0 Å². The largest absolute Gasteiger partial charge is 0.460 e. The van der Waals surface area contributed by atoms with E-state index in [2.05, 4.69) is 5.32 Å². The van der Waals surface area contributed by atoms with E-state index in [-0.39, 0.29) is 12.0 Å². The smallest absolute Gasteiger partial charge is 0.323 e. The maximum Gasteiger partial charge on any atom is 0.323 e. The fourth-order valence-corrected chi connectivity index (χ4v) is 1.85. The van der Waals surface area contributed by atoms with E-state index in [0.717, 1.165) is 24.9 Å². The molecule has 0 amide bonds. The van der Waals surface area contributed by atoms with Gasteiger partial charge in [-0.05, 0) is 37.1 Å². The van der Waals surface area contributed by atoms with Gasteiger partial charge in [0.1, 0.15) is 12.6 Å². The summed E-state index contributed by atoms with van der Waals surface area (Å²) < 4.78 is 5.21. The zero-order valence-corrected chi connectivity index (χ0v) is 9.67. The first kappa shape index (κ1) is 11.4. The number of carbonyl (C=O) groups is 1. The Morgan fingerprint density at radius 3 is 2.81 bits per heavy atom. The van der Waals surface area contributed by atoms with Crippen LogP contribution in [-0.4, -0.2) is 18.6 Å². The maximum absolute atomic E-state index is 11.6. The summed E-state index contributed by atoms with van der Waals surface area (Å²) in [7, 11) is 0. The first-order valence-corrected chi connectivity index (χ1v) is 5.78. The van der Waals surface area contributed by atoms with Gasteiger partial charge in [0.05, 0.1) is 0 Å². The Morgan fingerprint density at radius 2 is 2.19 bits per heavy atom. The van der Waals surface area contributed by atoms with E-state index in [9.17, 15) is 4.79 Å². The molecule has 1 N–H and O–H groups in total. The standard InChI is InChI=1S/C12H14ClNO2/c13-10-5-3-9(4-6-10)8-16-12(15)11-2-1-7-14-11/h3-6,11,14H,1-2,7-8H2. The highest BCUT2D eigenvalue weighted by Gasteiger charge is 2.23. The summed E-state index contributed by atoms with van der Waals surface area (Å²) in [6.45, 7) is 1.22. The van der Waals surface area contributed by atoms with Crippen LogP contribution in [0.4, 0.5) is 0 Å². The average Bonchev–Trinajstić information content (AvgIpc) is 2.81. The molecule has 1 heterocycles. The second kappa shape index (κ2) is 5.32. The van der Waals surface area contributed by atoms with Crippen LogP contribution in [0.5, 0.6) is 0 Å². The third-order valence-corrected chi connectivity index (χ3v) is 2.89. The van der Waals surface area contributed by atoms with E-state index in [1.165, 1.54) is 0 Å². The zero-order valence-electron chi connectivity index (χ0n) is 8.91. The molecule has 4 heteroatoms. The molecule has 0 aromatic heterocycles. The van der Waals surface area contributed by atoms with Crippen molar-refractivity contribution in [3.05, 3.63) is 34.9 Å². The molecule has 1 saturated heterocycles. The van der Waals surface area contributed by atoms with E-state index in [4.69, 9.17) is 16.3 Å². The number of carbonyl (C=O) groups excluding carboxylic acids is 1. The molecule has 3 nitrogen and oxygen atoms in total. The van der Waals surface area contributed by atoms with Gasteiger partial charge in [0, 0.05) is 5.02 Å². The molecule has 16 heavy (non-hydrogen) atoms. The second-order valence-electron chi connectivity index (χ2n) is 3.88. The SMILES string of the molecule is O=C(OCc1ccc(Cl)cc1)C1CCCN1. The van der Waals surface area contributed by atoms with Crippen LogP contribution in [0.2, 0.25) is 5.02 Å². The van der Waals surface area contributed by atoms with Crippen LogP contribution in [-0.2, 0) is 16.1 Å². The van der Waals surface area contributed by atoms with Crippen molar-refractivity contribution in [2.45, 2.75) is 25.5 Å². The van der Waals surface area contributed by atoms with Gasteiger partial charge in [0.25, 0.3) is 0 Å². The molecular formula is C12H14ClNO2. The van der Waals surface area contributed by atoms with Gasteiger partial charge in [0.15, 0.2) is 0 Å². The van der Waals surface area contributed by atoms with Gasteiger partial charge in [-0.25, -0.2) is 0 Å². The van der Waals surface area contributed by atoms with Gasteiger partial charge in [-0.1, -0.05) is 23.7 Å². The third-order valence-electron chi connectivity index (χ3n) is 2.64. The number of hydrogen-bond donors (Lipinski definition) is 1. The summed E-state index contributed by atoms with van der Waals surface area (Å²) in [4.78, 5) is 11.6. The molecule has 0 saturated carbocycles. The minimum absolute atomic E-state index is 0.118. The number of hydrogen-bond acceptors (Lipinski definition) is 3. The van der Waals surface area contributed by atoms with Gasteiger partial charge < -0.3 is 10.1 Å². The molecule has 1 atom stereocenters. The van der Waals surface area contributed by atoms with Crippen molar-refractivity contribution >= 4 is 17.6 Å². The molecule has 0 bridgehead atoms. The van der Waals surface area contributed by atoms with Crippen molar-refractivity contribution < 1.29 is 9.53 Å². The van der Waals surface area contributed by atoms with E-state index >= 15 is 0 Å². The van der Waals surface area contributed by atoms with Crippen molar-refractivity contribution in [1.82, 2.24) is 5.32 Å². The molecule has 1 aliphatic rings. The number of benzene rings is 1. The fourth-order valence-electron chi connectivity index (χ4n) is 1.72. The van der Waals surface area contributed by atoms with Crippen LogP contribution in [0.25, 0.3) is 0 Å². The highest BCUT2D eigenvalue weighted by atomic mass is 35.5. The van der Waals surface area contributed by atoms with Crippen LogP contribution in [0.3, 0.4) is 0 Å². The number of rotatable bonds is 3. The molecule has 0 radical (unpaired) electrons. The first-order chi connectivity index (χ1) is 7.75. The van der Waals surface area contributed by atoms with Gasteiger partial charge >= 0.3 is 5.97 Å². The van der Waals surface area contributed by atoms with Crippen molar-refractivity contribution in [2.24, 2.45) is 0 Å². The Labute approximate surface area is 99.7 Å². The first-order valence-electron chi connectivity index (χ1n) is 5.40. The normalized spacial score (nSPS) is 19.7. The van der Waals surface area contributed by atoms with E-state index < -0.39 is 0 Å². The third kappa shape index (κ3) is 2.97. The molecule has 1 fully saturated rings. The van der Waals surface area contributed by atoms with Crippen molar-refractivity contribution in [3.63, 3.8) is 0 Å². The van der Waals surface area contributed by atoms with Crippen molar-refractivity contribution in [2.75, 3.05) is 6.54 Å². The van der Waals surface area contributed by atoms with Crippen molar-refractivity contribution in [1.29, 1.82) is 0 Å². The lowest BCUT2D eigenvalue weighted by Gasteiger charge is -2.10. The molecule has 0 aliphatic carbocycles. The van der Waals surface area contributed by atoms with Gasteiger partial charge in [-0.3, -0.25) is 4.79 Å². The summed E-state index contributed by atoms with van der Waals surface area (Å²) in [5, 5.41) is 3.79. The maximum atomic E-state index is 11.6. The Hall–Kier alpha value is -1.06. The molecule has 1 aromatic rings. The minimum Gasteiger partial charge on any atom is -0.460 e. The van der Waals surface area contributed by atoms with Gasteiger partial charge in [-0.2, -0.15) is 0 Å². The highest BCUT2D eigenvalue weighted by Crippen LogP contribution is 2.12. The zero-order chi connectivity index (χ0) is 11.4. The van der Waals surface area contributed by atoms with E-state index in [1.807, 2.05) is 12.1 Å². The Balaban J connectivity index is 1.82. The number of halogens is 1. The van der Waals surface area contributed by atoms with E-state index in [1.54, 1.807) is 12.1 Å². The van der Waals surface area contributed by atoms with Crippen LogP contribution in [0, 0.1) is 0 Å². The number of esters is 1. The summed E-state index contributed by atoms with van der Waals surface area (Å²) >= 11 is 5.76. The lowest BCUT2D eigenvalue weighted by atomic mass is 10.2. The Bertz CT molecular complexity index is 358. The molecule has 1 unspecified atom stereocenters. The molecule has 2 rings (SSSR count). The lowest BCUT2D eigenvalue weighted by Crippen LogP contribution is -2.32. The summed E-state index contributed by atoms with van der Waals surface area (Å²) in [6.07, 6.45) is 1.92. The number of nitrogens with one attached hydrogen (secondary N) is 1. The fraction of sp³-hybridized carbons (Fsp3) is 0.417. The Morgan fingerprint density at radius 1 is 1.44 bits per heavy atom. The van der Waals surface area contributed by atoms with Gasteiger partial charge in [0.2, 0.25) is 0 Å². The van der Waals surface area contributed by atoms with Crippen LogP contribution >= 0.6 is 11.6 Å². The van der Waals surface area contributed by atoms with Crippen LogP contribution in [0.1, 0.15) is 18.4 Å². The second-order valence-corrected chi connectivity index (χ2v) is 4.32. The lowest BCUT2D eigenvalue weighted by molar-refractivity contribution is -0.147.